The Morgan fingerprint density at radius 2 is 1.06 bits per heavy atom. The number of nitrogens with one attached hydrogen (secondary N) is 2. The van der Waals surface area contributed by atoms with E-state index in [0.717, 1.165) is 25.7 Å². The van der Waals surface area contributed by atoms with Gasteiger partial charge in [0.05, 0.1) is 12.8 Å². The number of pyridine rings is 2. The summed E-state index contributed by atoms with van der Waals surface area (Å²) in [5.41, 5.74) is -4.44. The second-order valence-electron chi connectivity index (χ2n) is 19.0. The second kappa shape index (κ2) is 21.1. The standard InChI is InChI=1S/C25H29F3N2O3S.C25H31F3N2O3S/c1-34(33,16-17-6-7-17)23-13-8-18(15-29-23)14-22(31)30-21-11-9-20(10-12-21)24(32,25(26,27)28)19-4-2-3-5-19;1-17(2)12-13-24(32,25(26,27)28)20-7-9-21(10-8-20)30-22(31)14-19-6-11-23(29-15-19)34(3,33)16-18-4-5-18/h8-13,15,17,19,32H,1-7,14,16H2,(H,30,31);6-11,15,17-18,32H,3-5,12-14,16H2,1-2H3,(H,30,31). The molecule has 0 aliphatic heterocycles. The van der Waals surface area contributed by atoms with Crippen LogP contribution in [0.5, 0.6) is 0 Å². The number of alkyl halides is 6. The smallest absolute Gasteiger partial charge is 0.376 e. The summed E-state index contributed by atoms with van der Waals surface area (Å²) < 4.78 is 108. The molecular weight excluding hydrogens is 931 g/mol. The number of benzene rings is 2. The van der Waals surface area contributed by atoms with Gasteiger partial charge in [-0.25, -0.2) is 9.97 Å². The van der Waals surface area contributed by atoms with E-state index < -0.39 is 54.9 Å². The quantitative estimate of drug-likeness (QED) is 0.0567. The lowest BCUT2D eigenvalue weighted by molar-refractivity contribution is -0.286. The number of carbonyl (C=O) groups is 2. The van der Waals surface area contributed by atoms with E-state index in [9.17, 15) is 54.6 Å². The molecule has 4 N–H and O–H groups in total. The number of rotatable bonds is 18. The SMILES string of the molecule is C=S(=O)(CC1CC1)c1ccc(CC(=O)Nc2ccc(C(O)(C3CCCC3)C(F)(F)F)cc2)cn1.C=S(=O)(CC1CC1)c1ccc(CC(=O)Nc2ccc(C(O)(CCC(C)C)C(F)(F)F)cc2)cn1. The molecule has 370 valence electrons. The molecule has 0 bridgehead atoms. The molecular formula is C50H60F6N4O6S2. The van der Waals surface area contributed by atoms with E-state index in [1.54, 1.807) is 38.1 Å². The molecule has 3 aliphatic rings. The highest BCUT2D eigenvalue weighted by Gasteiger charge is 2.59. The molecule has 68 heavy (non-hydrogen) atoms. The Bertz CT molecular complexity index is 2580. The van der Waals surface area contributed by atoms with E-state index in [2.05, 4.69) is 32.3 Å². The molecule has 3 aliphatic carbocycles. The van der Waals surface area contributed by atoms with E-state index in [-0.39, 0.29) is 48.1 Å². The number of aromatic nitrogens is 2. The van der Waals surface area contributed by atoms with Gasteiger partial charge in [0.25, 0.3) is 0 Å². The molecule has 0 saturated heterocycles. The van der Waals surface area contributed by atoms with E-state index in [0.29, 0.717) is 81.6 Å². The minimum absolute atomic E-state index is 0.00311. The molecule has 2 aromatic carbocycles. The maximum Gasteiger partial charge on any atom is 0.421 e. The number of nitrogens with zero attached hydrogens (tertiary/aromatic N) is 2. The maximum absolute atomic E-state index is 13.8. The number of hydrogen-bond donors (Lipinski definition) is 4. The molecule has 10 nitrogen and oxygen atoms in total. The summed E-state index contributed by atoms with van der Waals surface area (Å²) in [5.74, 6) is 8.01. The van der Waals surface area contributed by atoms with Crippen LogP contribution in [0.3, 0.4) is 0 Å². The van der Waals surface area contributed by atoms with Crippen molar-refractivity contribution in [2.24, 2.45) is 23.7 Å². The number of hydrogen-bond acceptors (Lipinski definition) is 8. The second-order valence-corrected chi connectivity index (χ2v) is 23.7. The zero-order valence-corrected chi connectivity index (χ0v) is 39.8. The fourth-order valence-corrected chi connectivity index (χ4v) is 12.0. The van der Waals surface area contributed by atoms with Gasteiger partial charge >= 0.3 is 12.4 Å². The number of halogens is 6. The van der Waals surface area contributed by atoms with Crippen LogP contribution in [-0.2, 0) is 52.7 Å². The van der Waals surface area contributed by atoms with Crippen LogP contribution in [0.1, 0.15) is 100 Å². The highest BCUT2D eigenvalue weighted by atomic mass is 32.2. The Labute approximate surface area is 394 Å². The topological polar surface area (TPSA) is 159 Å². The first kappa shape index (κ1) is 52.6. The van der Waals surface area contributed by atoms with Crippen LogP contribution in [0.2, 0.25) is 0 Å². The third-order valence-electron chi connectivity index (χ3n) is 12.7. The molecule has 3 fully saturated rings. The van der Waals surface area contributed by atoms with E-state index >= 15 is 0 Å². The summed E-state index contributed by atoms with van der Waals surface area (Å²) in [6.07, 6.45) is -0.578. The fraction of sp³-hybridized carbons (Fsp3) is 0.480. The predicted octanol–water partition coefficient (Wildman–Crippen LogP) is 9.62. The minimum atomic E-state index is -4.82. The van der Waals surface area contributed by atoms with Gasteiger partial charge in [-0.05, 0) is 140 Å². The summed E-state index contributed by atoms with van der Waals surface area (Å²) in [5, 5.41) is 27.2. The highest BCUT2D eigenvalue weighted by Crippen LogP contribution is 2.50. The van der Waals surface area contributed by atoms with Gasteiger partial charge in [-0.1, -0.05) is 63.1 Å². The van der Waals surface area contributed by atoms with Crippen molar-refractivity contribution in [1.82, 2.24) is 9.97 Å². The van der Waals surface area contributed by atoms with Crippen LogP contribution in [-0.4, -0.2) is 76.0 Å². The number of carbonyl (C=O) groups excluding carboxylic acids is 2. The van der Waals surface area contributed by atoms with Crippen LogP contribution in [0.4, 0.5) is 37.7 Å². The van der Waals surface area contributed by atoms with Gasteiger partial charge in [0.2, 0.25) is 11.8 Å². The average molecular weight is 991 g/mol. The van der Waals surface area contributed by atoms with Crippen molar-refractivity contribution in [3.8, 4) is 0 Å². The normalized spacial score (nSPS) is 19.1. The summed E-state index contributed by atoms with van der Waals surface area (Å²) in [4.78, 5) is 33.3. The third kappa shape index (κ3) is 13.5. The molecule has 4 unspecified atom stereocenters. The molecule has 7 rings (SSSR count). The maximum atomic E-state index is 13.8. The lowest BCUT2D eigenvalue weighted by Gasteiger charge is -2.36. The molecule has 4 atom stereocenters. The van der Waals surface area contributed by atoms with Crippen molar-refractivity contribution in [1.29, 1.82) is 0 Å². The first-order valence-corrected chi connectivity index (χ1v) is 26.6. The van der Waals surface area contributed by atoms with E-state index in [4.69, 9.17) is 0 Å². The summed E-state index contributed by atoms with van der Waals surface area (Å²) in [7, 11) is -4.87. The van der Waals surface area contributed by atoms with Gasteiger partial charge in [-0.2, -0.15) is 26.3 Å². The monoisotopic (exact) mass is 990 g/mol. The van der Waals surface area contributed by atoms with Crippen molar-refractivity contribution in [3.05, 3.63) is 107 Å². The van der Waals surface area contributed by atoms with Crippen molar-refractivity contribution < 1.29 is 54.6 Å². The Morgan fingerprint density at radius 1 is 0.647 bits per heavy atom. The van der Waals surface area contributed by atoms with Gasteiger partial charge in [0.1, 0.15) is 10.1 Å². The zero-order chi connectivity index (χ0) is 49.7. The van der Waals surface area contributed by atoms with Crippen LogP contribution in [0.25, 0.3) is 0 Å². The van der Waals surface area contributed by atoms with Crippen molar-refractivity contribution in [3.63, 3.8) is 0 Å². The molecule has 2 aromatic heterocycles. The fourth-order valence-electron chi connectivity index (χ4n) is 8.31. The first-order valence-electron chi connectivity index (χ1n) is 22.8. The highest BCUT2D eigenvalue weighted by molar-refractivity contribution is 8.00. The number of aliphatic hydroxyl groups is 2. The Hall–Kier alpha value is -4.78. The zero-order valence-electron chi connectivity index (χ0n) is 38.2. The Kier molecular flexibility index (Phi) is 16.3. The van der Waals surface area contributed by atoms with Gasteiger partial charge in [-0.3, -0.25) is 18.0 Å². The third-order valence-corrected chi connectivity index (χ3v) is 16.7. The molecule has 0 spiro atoms. The predicted molar refractivity (Wildman–Crippen MR) is 254 cm³/mol. The number of amides is 2. The Morgan fingerprint density at radius 3 is 1.40 bits per heavy atom. The molecule has 2 amide bonds. The molecule has 4 aromatic rings. The average Bonchev–Trinajstić information content (AvgIpc) is 4.20. The van der Waals surface area contributed by atoms with Crippen LogP contribution >= 0.6 is 0 Å². The van der Waals surface area contributed by atoms with Crippen molar-refractivity contribution in [2.45, 2.75) is 125 Å². The van der Waals surface area contributed by atoms with Gasteiger partial charge < -0.3 is 20.8 Å². The van der Waals surface area contributed by atoms with Crippen molar-refractivity contribution in [2.75, 3.05) is 22.1 Å². The van der Waals surface area contributed by atoms with Gasteiger partial charge in [0, 0.05) is 60.2 Å². The molecule has 18 heteroatoms. The van der Waals surface area contributed by atoms with E-state index in [1.807, 2.05) is 0 Å². The molecule has 0 radical (unpaired) electrons. The summed E-state index contributed by atoms with van der Waals surface area (Å²) >= 11 is 0. The Balaban J connectivity index is 0.000000224. The first-order chi connectivity index (χ1) is 31.8. The number of anilines is 2. The van der Waals surface area contributed by atoms with Crippen molar-refractivity contribution >= 4 is 54.0 Å². The summed E-state index contributed by atoms with van der Waals surface area (Å²) in [6, 6.07) is 16.9. The lowest BCUT2D eigenvalue weighted by atomic mass is 9.79. The van der Waals surface area contributed by atoms with Crippen LogP contribution < -0.4 is 10.6 Å². The van der Waals surface area contributed by atoms with Crippen LogP contribution in [0.15, 0.2) is 95.2 Å². The summed E-state index contributed by atoms with van der Waals surface area (Å²) in [6.45, 7) is 3.59. The van der Waals surface area contributed by atoms with Gasteiger partial charge in [0.15, 0.2) is 11.2 Å². The van der Waals surface area contributed by atoms with E-state index in [1.165, 1.54) is 60.9 Å². The van der Waals surface area contributed by atoms with Crippen LogP contribution in [0, 0.1) is 23.7 Å². The lowest BCUT2D eigenvalue weighted by Crippen LogP contribution is -2.47. The molecule has 3 saturated carbocycles. The van der Waals surface area contributed by atoms with Gasteiger partial charge in [-0.15, -0.1) is 0 Å². The minimum Gasteiger partial charge on any atom is -0.376 e. The largest absolute Gasteiger partial charge is 0.421 e. The molecule has 2 heterocycles.